The molecule has 2 N–H and O–H groups in total. The molecule has 1 aliphatic rings. The van der Waals surface area contributed by atoms with E-state index in [0.717, 1.165) is 12.7 Å². The summed E-state index contributed by atoms with van der Waals surface area (Å²) >= 11 is 0. The zero-order valence-corrected chi connectivity index (χ0v) is 13.4. The first kappa shape index (κ1) is 16.2. The van der Waals surface area contributed by atoms with Gasteiger partial charge in [-0.15, -0.1) is 0 Å². The first-order chi connectivity index (χ1) is 8.58. The number of carbonyl (C=O) groups excluding carboxylic acids is 1. The molecule has 1 fully saturated rings. The second kappa shape index (κ2) is 5.62. The normalized spacial score (nSPS) is 24.7. The standard InChI is InChI=1S/C13H25NO4Si/c1-13(2,3)19(4,5)18-11(7-14-12(16)17)10-6-9(10)8-15/h8-11,14H,6-7H2,1-5H3,(H,16,17)/t9-,10+,11+/m1/s1. The van der Waals surface area contributed by atoms with Crippen LogP contribution in [-0.2, 0) is 9.22 Å². The summed E-state index contributed by atoms with van der Waals surface area (Å²) in [5.41, 5.74) is 0. The molecule has 0 unspecified atom stereocenters. The van der Waals surface area contributed by atoms with E-state index >= 15 is 0 Å². The molecule has 1 aliphatic carbocycles. The minimum atomic E-state index is -1.95. The van der Waals surface area contributed by atoms with Gasteiger partial charge in [0, 0.05) is 12.5 Å². The van der Waals surface area contributed by atoms with Crippen LogP contribution in [0.15, 0.2) is 0 Å². The monoisotopic (exact) mass is 287 g/mol. The average molecular weight is 287 g/mol. The van der Waals surface area contributed by atoms with Crippen molar-refractivity contribution in [1.82, 2.24) is 5.32 Å². The van der Waals surface area contributed by atoms with Gasteiger partial charge < -0.3 is 19.6 Å². The summed E-state index contributed by atoms with van der Waals surface area (Å²) in [6.45, 7) is 11.0. The van der Waals surface area contributed by atoms with Crippen LogP contribution in [0.4, 0.5) is 4.79 Å². The molecule has 110 valence electrons. The lowest BCUT2D eigenvalue weighted by Gasteiger charge is -2.39. The zero-order valence-electron chi connectivity index (χ0n) is 12.4. The van der Waals surface area contributed by atoms with Gasteiger partial charge in [0.15, 0.2) is 8.32 Å². The van der Waals surface area contributed by atoms with E-state index in [1.54, 1.807) is 0 Å². The maximum absolute atomic E-state index is 10.8. The van der Waals surface area contributed by atoms with Gasteiger partial charge in [0.1, 0.15) is 6.29 Å². The Morgan fingerprint density at radius 3 is 2.47 bits per heavy atom. The molecule has 1 rings (SSSR count). The maximum Gasteiger partial charge on any atom is 0.404 e. The Morgan fingerprint density at radius 2 is 2.11 bits per heavy atom. The van der Waals surface area contributed by atoms with Crippen molar-refractivity contribution in [3.05, 3.63) is 0 Å². The van der Waals surface area contributed by atoms with Crippen LogP contribution in [0.1, 0.15) is 27.2 Å². The summed E-state index contributed by atoms with van der Waals surface area (Å²) in [5.74, 6) is 0.198. The third-order valence-electron chi connectivity index (χ3n) is 4.25. The van der Waals surface area contributed by atoms with Crippen LogP contribution in [0, 0.1) is 11.8 Å². The Balaban J connectivity index is 2.69. The average Bonchev–Trinajstić information content (AvgIpc) is 3.01. The highest BCUT2D eigenvalue weighted by molar-refractivity contribution is 6.74. The van der Waals surface area contributed by atoms with Crippen LogP contribution in [0.5, 0.6) is 0 Å². The highest BCUT2D eigenvalue weighted by Gasteiger charge is 2.47. The fourth-order valence-corrected chi connectivity index (χ4v) is 3.21. The van der Waals surface area contributed by atoms with Crippen molar-refractivity contribution < 1.29 is 19.1 Å². The third kappa shape index (κ3) is 4.31. The van der Waals surface area contributed by atoms with Gasteiger partial charge in [0.05, 0.1) is 6.10 Å². The molecule has 0 spiro atoms. The summed E-state index contributed by atoms with van der Waals surface area (Å²) in [7, 11) is -1.95. The minimum absolute atomic E-state index is 0.0327. The number of rotatable bonds is 6. The fourth-order valence-electron chi connectivity index (χ4n) is 1.84. The molecule has 0 heterocycles. The maximum atomic E-state index is 10.8. The van der Waals surface area contributed by atoms with Gasteiger partial charge in [-0.05, 0) is 30.5 Å². The highest BCUT2D eigenvalue weighted by atomic mass is 28.4. The summed E-state index contributed by atoms with van der Waals surface area (Å²) < 4.78 is 6.26. The lowest BCUT2D eigenvalue weighted by Crippen LogP contribution is -2.47. The summed E-state index contributed by atoms with van der Waals surface area (Å²) in [6, 6.07) is 0. The van der Waals surface area contributed by atoms with Crippen LogP contribution in [-0.4, -0.2) is 38.5 Å². The molecule has 0 aliphatic heterocycles. The Morgan fingerprint density at radius 1 is 1.53 bits per heavy atom. The summed E-state index contributed by atoms with van der Waals surface area (Å²) in [6.07, 6.45) is 0.525. The van der Waals surface area contributed by atoms with Crippen LogP contribution >= 0.6 is 0 Å². The molecule has 1 saturated carbocycles. The second-order valence-electron chi connectivity index (χ2n) is 6.80. The van der Waals surface area contributed by atoms with E-state index in [0.29, 0.717) is 0 Å². The zero-order chi connectivity index (χ0) is 14.8. The van der Waals surface area contributed by atoms with E-state index in [1.807, 2.05) is 0 Å². The molecule has 0 bridgehead atoms. The first-order valence-corrected chi connectivity index (χ1v) is 9.59. The van der Waals surface area contributed by atoms with Crippen LogP contribution in [0.3, 0.4) is 0 Å². The van der Waals surface area contributed by atoms with E-state index in [1.165, 1.54) is 0 Å². The smallest absolute Gasteiger partial charge is 0.404 e. The molecule has 1 amide bonds. The van der Waals surface area contributed by atoms with Crippen LogP contribution in [0.25, 0.3) is 0 Å². The van der Waals surface area contributed by atoms with Crippen molar-refractivity contribution in [3.63, 3.8) is 0 Å². The number of carboxylic acid groups (broad SMARTS) is 1. The Hall–Kier alpha value is -0.883. The number of amides is 1. The van der Waals surface area contributed by atoms with Gasteiger partial charge in [-0.2, -0.15) is 0 Å². The molecule has 0 aromatic carbocycles. The van der Waals surface area contributed by atoms with E-state index in [-0.39, 0.29) is 29.5 Å². The van der Waals surface area contributed by atoms with Gasteiger partial charge >= 0.3 is 6.09 Å². The topological polar surface area (TPSA) is 75.6 Å². The molecule has 19 heavy (non-hydrogen) atoms. The molecule has 6 heteroatoms. The van der Waals surface area contributed by atoms with Crippen molar-refractivity contribution in [2.45, 2.75) is 51.4 Å². The lowest BCUT2D eigenvalue weighted by atomic mass is 10.2. The molecule has 5 nitrogen and oxygen atoms in total. The molecule has 0 saturated heterocycles. The summed E-state index contributed by atoms with van der Waals surface area (Å²) in [4.78, 5) is 21.4. The number of nitrogens with one attached hydrogen (secondary N) is 1. The number of aldehydes is 1. The fraction of sp³-hybridized carbons (Fsp3) is 0.846. The van der Waals surface area contributed by atoms with Gasteiger partial charge in [-0.25, -0.2) is 4.79 Å². The van der Waals surface area contributed by atoms with Gasteiger partial charge in [0.25, 0.3) is 0 Å². The predicted molar refractivity (Wildman–Crippen MR) is 75.8 cm³/mol. The molecular formula is C13H25NO4Si. The number of hydrogen-bond acceptors (Lipinski definition) is 3. The van der Waals surface area contributed by atoms with Gasteiger partial charge in [0.2, 0.25) is 0 Å². The van der Waals surface area contributed by atoms with Crippen LogP contribution < -0.4 is 5.32 Å². The van der Waals surface area contributed by atoms with E-state index < -0.39 is 14.4 Å². The van der Waals surface area contributed by atoms with Gasteiger partial charge in [-0.3, -0.25) is 0 Å². The van der Waals surface area contributed by atoms with Crippen molar-refractivity contribution in [3.8, 4) is 0 Å². The van der Waals surface area contributed by atoms with Gasteiger partial charge in [-0.1, -0.05) is 20.8 Å². The van der Waals surface area contributed by atoms with Crippen molar-refractivity contribution >= 4 is 20.7 Å². The second-order valence-corrected chi connectivity index (χ2v) is 11.6. The largest absolute Gasteiger partial charge is 0.465 e. The molecular weight excluding hydrogens is 262 g/mol. The van der Waals surface area contributed by atoms with Crippen LogP contribution in [0.2, 0.25) is 18.1 Å². The number of carbonyl (C=O) groups is 2. The van der Waals surface area contributed by atoms with E-state index in [9.17, 15) is 9.59 Å². The molecule has 0 aromatic heterocycles. The van der Waals surface area contributed by atoms with Crippen molar-refractivity contribution in [2.75, 3.05) is 6.54 Å². The molecule has 0 aromatic rings. The Bertz CT molecular complexity index is 351. The van der Waals surface area contributed by atoms with E-state index in [4.69, 9.17) is 9.53 Å². The summed E-state index contributed by atoms with van der Waals surface area (Å²) in [5, 5.41) is 11.2. The quantitative estimate of drug-likeness (QED) is 0.581. The first-order valence-electron chi connectivity index (χ1n) is 6.68. The third-order valence-corrected chi connectivity index (χ3v) is 8.75. The Kier molecular flexibility index (Phi) is 4.79. The van der Waals surface area contributed by atoms with Crippen molar-refractivity contribution in [1.29, 1.82) is 0 Å². The highest BCUT2D eigenvalue weighted by Crippen LogP contribution is 2.44. The van der Waals surface area contributed by atoms with Crippen molar-refractivity contribution in [2.24, 2.45) is 11.8 Å². The molecule has 0 radical (unpaired) electrons. The minimum Gasteiger partial charge on any atom is -0.465 e. The molecule has 3 atom stereocenters. The van der Waals surface area contributed by atoms with E-state index in [2.05, 4.69) is 39.2 Å². The number of hydrogen-bond donors (Lipinski definition) is 2. The predicted octanol–water partition coefficient (Wildman–Crippen LogP) is 2.48. The SMILES string of the molecule is CC(C)(C)[Si](C)(C)O[C@@H](CNC(=O)O)[C@H]1C[C@@H]1C=O. The Labute approximate surface area is 115 Å². The lowest BCUT2D eigenvalue weighted by molar-refractivity contribution is -0.109.